The van der Waals surface area contributed by atoms with Gasteiger partial charge in [0, 0.05) is 10.0 Å². The molecule has 4 aromatic rings. The molecule has 0 unspecified atom stereocenters. The van der Waals surface area contributed by atoms with E-state index >= 15 is 0 Å². The van der Waals surface area contributed by atoms with Gasteiger partial charge >= 0.3 is 0 Å². The zero-order valence-corrected chi connectivity index (χ0v) is 14.3. The molecule has 0 atom stereocenters. The van der Waals surface area contributed by atoms with Gasteiger partial charge < -0.3 is 4.52 Å². The molecule has 0 saturated heterocycles. The van der Waals surface area contributed by atoms with Crippen LogP contribution < -0.4 is 0 Å². The van der Waals surface area contributed by atoms with Crippen LogP contribution in [0.3, 0.4) is 0 Å². The molecule has 0 amide bonds. The minimum atomic E-state index is -0.438. The third kappa shape index (κ3) is 3.31. The Kier molecular flexibility index (Phi) is 4.06. The molecule has 0 bridgehead atoms. The van der Waals surface area contributed by atoms with Crippen molar-refractivity contribution in [2.45, 2.75) is 6.54 Å². The first kappa shape index (κ1) is 15.6. The SMILES string of the molecule is Fc1cc(Br)ccc1-c1noc(Cn2nnc(-c3ccccc3)n2)n1. The molecule has 0 fully saturated rings. The zero-order chi connectivity index (χ0) is 17.2. The number of hydrogen-bond acceptors (Lipinski definition) is 6. The van der Waals surface area contributed by atoms with Crippen molar-refractivity contribution in [3.63, 3.8) is 0 Å². The first-order valence-electron chi connectivity index (χ1n) is 7.30. The average molecular weight is 401 g/mol. The molecule has 0 radical (unpaired) electrons. The van der Waals surface area contributed by atoms with E-state index in [2.05, 4.69) is 41.5 Å². The lowest BCUT2D eigenvalue weighted by Gasteiger charge is -1.97. The number of aromatic nitrogens is 6. The van der Waals surface area contributed by atoms with Gasteiger partial charge in [0.1, 0.15) is 12.4 Å². The molecule has 124 valence electrons. The fourth-order valence-electron chi connectivity index (χ4n) is 2.23. The third-order valence-corrected chi connectivity index (χ3v) is 3.89. The minimum absolute atomic E-state index is 0.144. The summed E-state index contributed by atoms with van der Waals surface area (Å²) in [6.07, 6.45) is 0. The van der Waals surface area contributed by atoms with E-state index in [4.69, 9.17) is 4.52 Å². The largest absolute Gasteiger partial charge is 0.337 e. The van der Waals surface area contributed by atoms with Gasteiger partial charge in [0.05, 0.1) is 5.56 Å². The highest BCUT2D eigenvalue weighted by atomic mass is 79.9. The summed E-state index contributed by atoms with van der Waals surface area (Å²) in [6, 6.07) is 14.1. The summed E-state index contributed by atoms with van der Waals surface area (Å²) in [6.45, 7) is 0.144. The summed E-state index contributed by atoms with van der Waals surface area (Å²) >= 11 is 3.21. The molecule has 9 heteroatoms. The van der Waals surface area contributed by atoms with Crippen molar-refractivity contribution in [1.29, 1.82) is 0 Å². The Morgan fingerprint density at radius 1 is 1.08 bits per heavy atom. The second-order valence-electron chi connectivity index (χ2n) is 5.15. The molecule has 2 aromatic carbocycles. The molecular weight excluding hydrogens is 391 g/mol. The van der Waals surface area contributed by atoms with Gasteiger partial charge in [-0.15, -0.1) is 10.2 Å². The van der Waals surface area contributed by atoms with Crippen LogP contribution in [0, 0.1) is 5.82 Å². The standard InChI is InChI=1S/C16H10BrFN6O/c17-11-6-7-12(13(18)8-11)16-19-14(25-22-16)9-24-21-15(20-23-24)10-4-2-1-3-5-10/h1-8H,9H2. The van der Waals surface area contributed by atoms with Crippen LogP contribution in [0.5, 0.6) is 0 Å². The number of rotatable bonds is 4. The van der Waals surface area contributed by atoms with Crippen molar-refractivity contribution in [1.82, 2.24) is 30.3 Å². The van der Waals surface area contributed by atoms with E-state index in [0.29, 0.717) is 10.3 Å². The second kappa shape index (κ2) is 6.52. The number of halogens is 2. The Bertz CT molecular complexity index is 1020. The normalized spacial score (nSPS) is 11.0. The van der Waals surface area contributed by atoms with Gasteiger partial charge in [-0.2, -0.15) is 9.78 Å². The molecule has 0 aliphatic carbocycles. The molecule has 2 heterocycles. The predicted octanol–water partition coefficient (Wildman–Crippen LogP) is 3.34. The Balaban J connectivity index is 1.55. The van der Waals surface area contributed by atoms with Crippen molar-refractivity contribution in [3.8, 4) is 22.8 Å². The van der Waals surface area contributed by atoms with Crippen LogP contribution in [0.25, 0.3) is 22.8 Å². The van der Waals surface area contributed by atoms with E-state index in [9.17, 15) is 4.39 Å². The summed E-state index contributed by atoms with van der Waals surface area (Å²) in [5.74, 6) is 0.490. The first-order valence-corrected chi connectivity index (χ1v) is 8.09. The first-order chi connectivity index (χ1) is 12.2. The Morgan fingerprint density at radius 3 is 2.72 bits per heavy atom. The van der Waals surface area contributed by atoms with Crippen molar-refractivity contribution in [2.24, 2.45) is 0 Å². The third-order valence-electron chi connectivity index (χ3n) is 3.40. The summed E-state index contributed by atoms with van der Waals surface area (Å²) in [4.78, 5) is 5.53. The van der Waals surface area contributed by atoms with Gasteiger partial charge in [-0.3, -0.25) is 0 Å². The summed E-state index contributed by atoms with van der Waals surface area (Å²) < 4.78 is 19.8. The van der Waals surface area contributed by atoms with Gasteiger partial charge in [0.25, 0.3) is 5.89 Å². The van der Waals surface area contributed by atoms with Crippen molar-refractivity contribution in [2.75, 3.05) is 0 Å². The highest BCUT2D eigenvalue weighted by molar-refractivity contribution is 9.10. The lowest BCUT2D eigenvalue weighted by molar-refractivity contribution is 0.356. The van der Waals surface area contributed by atoms with Gasteiger partial charge in [-0.25, -0.2) is 4.39 Å². The number of hydrogen-bond donors (Lipinski definition) is 0. The van der Waals surface area contributed by atoms with Crippen molar-refractivity contribution < 1.29 is 8.91 Å². The van der Waals surface area contributed by atoms with Crippen LogP contribution in [-0.4, -0.2) is 30.3 Å². The molecule has 2 aromatic heterocycles. The monoisotopic (exact) mass is 400 g/mol. The van der Waals surface area contributed by atoms with Crippen LogP contribution in [-0.2, 0) is 6.54 Å². The van der Waals surface area contributed by atoms with Crippen LogP contribution >= 0.6 is 15.9 Å². The Labute approximate surface area is 149 Å². The van der Waals surface area contributed by atoms with Crippen LogP contribution in [0.15, 0.2) is 57.5 Å². The van der Waals surface area contributed by atoms with Gasteiger partial charge in [-0.05, 0) is 23.4 Å². The fraction of sp³-hybridized carbons (Fsp3) is 0.0625. The minimum Gasteiger partial charge on any atom is -0.337 e. The highest BCUT2D eigenvalue weighted by Crippen LogP contribution is 2.23. The maximum absolute atomic E-state index is 14.0. The van der Waals surface area contributed by atoms with E-state index < -0.39 is 5.82 Å². The van der Waals surface area contributed by atoms with E-state index in [1.807, 2.05) is 30.3 Å². The Morgan fingerprint density at radius 2 is 1.92 bits per heavy atom. The number of benzene rings is 2. The molecule has 25 heavy (non-hydrogen) atoms. The van der Waals surface area contributed by atoms with Gasteiger partial charge in [-0.1, -0.05) is 51.4 Å². The van der Waals surface area contributed by atoms with Gasteiger partial charge in [0.15, 0.2) is 0 Å². The van der Waals surface area contributed by atoms with Gasteiger partial charge in [0.2, 0.25) is 11.6 Å². The lowest BCUT2D eigenvalue weighted by Crippen LogP contribution is -2.04. The molecule has 0 N–H and O–H groups in total. The molecule has 0 aliphatic heterocycles. The predicted molar refractivity (Wildman–Crippen MR) is 89.7 cm³/mol. The second-order valence-corrected chi connectivity index (χ2v) is 6.06. The quantitative estimate of drug-likeness (QED) is 0.522. The molecule has 0 aliphatic rings. The van der Waals surface area contributed by atoms with Crippen LogP contribution in [0.2, 0.25) is 0 Å². The smallest absolute Gasteiger partial charge is 0.250 e. The average Bonchev–Trinajstić information content (AvgIpc) is 3.26. The molecule has 0 saturated carbocycles. The zero-order valence-electron chi connectivity index (χ0n) is 12.7. The summed E-state index contributed by atoms with van der Waals surface area (Å²) in [5.41, 5.74) is 1.12. The molecule has 4 rings (SSSR count). The van der Waals surface area contributed by atoms with Crippen molar-refractivity contribution in [3.05, 3.63) is 64.7 Å². The van der Waals surface area contributed by atoms with Crippen LogP contribution in [0.4, 0.5) is 4.39 Å². The molecule has 0 spiro atoms. The highest BCUT2D eigenvalue weighted by Gasteiger charge is 2.15. The van der Waals surface area contributed by atoms with Crippen molar-refractivity contribution >= 4 is 15.9 Å². The van der Waals surface area contributed by atoms with E-state index in [1.165, 1.54) is 10.9 Å². The maximum atomic E-state index is 14.0. The summed E-state index contributed by atoms with van der Waals surface area (Å²) in [5, 5.41) is 16.0. The van der Waals surface area contributed by atoms with E-state index in [-0.39, 0.29) is 23.8 Å². The fourth-order valence-corrected chi connectivity index (χ4v) is 2.57. The van der Waals surface area contributed by atoms with E-state index in [0.717, 1.165) is 5.56 Å². The summed E-state index contributed by atoms with van der Waals surface area (Å²) in [7, 11) is 0. The molecule has 7 nitrogen and oxygen atoms in total. The number of nitrogens with zero attached hydrogens (tertiary/aromatic N) is 6. The Hall–Kier alpha value is -2.94. The van der Waals surface area contributed by atoms with E-state index in [1.54, 1.807) is 12.1 Å². The van der Waals surface area contributed by atoms with Crippen LogP contribution in [0.1, 0.15) is 5.89 Å². The number of tetrazole rings is 1. The maximum Gasteiger partial charge on any atom is 0.250 e. The topological polar surface area (TPSA) is 82.5 Å². The molecular formula is C16H10BrFN6O. The lowest BCUT2D eigenvalue weighted by atomic mass is 10.2.